The molecule has 0 aliphatic heterocycles. The number of hydrogen-bond acceptors (Lipinski definition) is 4. The number of aliphatic hydroxyl groups excluding tert-OH is 1. The van der Waals surface area contributed by atoms with Crippen LogP contribution in [0.3, 0.4) is 0 Å². The van der Waals surface area contributed by atoms with Gasteiger partial charge in [-0.05, 0) is 93.6 Å². The lowest BCUT2D eigenvalue weighted by Gasteiger charge is -2.71. The summed E-state index contributed by atoms with van der Waals surface area (Å²) in [7, 11) is 0. The zero-order chi connectivity index (χ0) is 31.7. The Hall–Kier alpha value is -2.44. The summed E-state index contributed by atoms with van der Waals surface area (Å²) in [5, 5.41) is 26.8. The van der Waals surface area contributed by atoms with E-state index in [4.69, 9.17) is 0 Å². The number of anilines is 1. The van der Waals surface area contributed by atoms with Gasteiger partial charge < -0.3 is 20.4 Å². The highest BCUT2D eigenvalue weighted by Gasteiger charge is 2.74. The molecule has 8 rings (SSSR count). The first-order chi connectivity index (χ1) is 21.5. The molecule has 8 atom stereocenters. The van der Waals surface area contributed by atoms with Gasteiger partial charge in [0, 0.05) is 40.0 Å². The second kappa shape index (κ2) is 11.1. The van der Waals surface area contributed by atoms with Gasteiger partial charge in [-0.15, -0.1) is 0 Å². The van der Waals surface area contributed by atoms with Crippen LogP contribution in [0, 0.1) is 39.4 Å². The zero-order valence-electron chi connectivity index (χ0n) is 27.7. The fourth-order valence-corrected chi connectivity index (χ4v) is 11.8. The maximum atomic E-state index is 14.7. The van der Waals surface area contributed by atoms with Crippen molar-refractivity contribution in [2.24, 2.45) is 39.4 Å². The highest BCUT2D eigenvalue weighted by molar-refractivity contribution is 6.00. The lowest BCUT2D eigenvalue weighted by molar-refractivity contribution is -0.178. The average Bonchev–Trinajstić information content (AvgIpc) is 3.31. The molecule has 1 aromatic carbocycles. The molecule has 2 amide bonds. The zero-order valence-corrected chi connectivity index (χ0v) is 27.7. The van der Waals surface area contributed by atoms with Crippen molar-refractivity contribution in [3.05, 3.63) is 54.1 Å². The van der Waals surface area contributed by atoms with Gasteiger partial charge in [0.2, 0.25) is 0 Å². The maximum absolute atomic E-state index is 14.7. The van der Waals surface area contributed by atoms with E-state index in [0.717, 1.165) is 75.5 Å². The quantitative estimate of drug-likeness (QED) is 0.275. The minimum atomic E-state index is -1.05. The lowest BCUT2D eigenvalue weighted by atomic mass is 9.32. The van der Waals surface area contributed by atoms with E-state index in [1.807, 2.05) is 35.2 Å². The summed E-state index contributed by atoms with van der Waals surface area (Å²) in [4.78, 5) is 30.2. The monoisotopic (exact) mass is 614 g/mol. The number of nitrogens with zero attached hydrogens (tertiary/aromatic N) is 1. The number of para-hydroxylation sites is 1. The smallest absolute Gasteiger partial charge is 0.321 e. The van der Waals surface area contributed by atoms with Crippen LogP contribution in [-0.2, 0) is 4.79 Å². The van der Waals surface area contributed by atoms with Crippen molar-refractivity contribution in [1.29, 1.82) is 0 Å². The largest absolute Gasteiger partial charge is 0.393 e. The van der Waals surface area contributed by atoms with E-state index in [9.17, 15) is 19.8 Å². The van der Waals surface area contributed by atoms with Crippen molar-refractivity contribution in [2.45, 2.75) is 116 Å². The molecule has 45 heavy (non-hydrogen) atoms. The summed E-state index contributed by atoms with van der Waals surface area (Å²) in [6.45, 7) is 7.66. The molecule has 3 N–H and O–H groups in total. The van der Waals surface area contributed by atoms with E-state index < -0.39 is 16.4 Å². The van der Waals surface area contributed by atoms with Gasteiger partial charge in [0.1, 0.15) is 0 Å². The molecule has 0 aromatic heterocycles. The molecule has 8 unspecified atom stereocenters. The van der Waals surface area contributed by atoms with E-state index in [2.05, 4.69) is 44.3 Å². The number of rotatable bonds is 7. The van der Waals surface area contributed by atoms with Gasteiger partial charge in [-0.25, -0.2) is 4.79 Å². The number of nitrogens with one attached hydrogen (secondary N) is 1. The molecule has 7 aliphatic rings. The van der Waals surface area contributed by atoms with E-state index in [-0.39, 0.29) is 34.8 Å². The third kappa shape index (κ3) is 4.47. The second-order valence-electron chi connectivity index (χ2n) is 16.2. The first-order valence-corrected chi connectivity index (χ1v) is 18.0. The number of fused-ring (bicyclic) bond motifs is 1. The van der Waals surface area contributed by atoms with E-state index >= 15 is 0 Å². The van der Waals surface area contributed by atoms with Crippen LogP contribution in [0.1, 0.15) is 104 Å². The fourth-order valence-electron chi connectivity index (χ4n) is 11.8. The summed E-state index contributed by atoms with van der Waals surface area (Å²) < 4.78 is 0. The van der Waals surface area contributed by atoms with Crippen LogP contribution in [0.15, 0.2) is 54.1 Å². The summed E-state index contributed by atoms with van der Waals surface area (Å²) in [5.74, 6) is 0.856. The Kier molecular flexibility index (Phi) is 7.67. The van der Waals surface area contributed by atoms with Gasteiger partial charge in [0.25, 0.3) is 0 Å². The molecule has 6 nitrogen and oxygen atoms in total. The van der Waals surface area contributed by atoms with Gasteiger partial charge in [-0.1, -0.05) is 76.5 Å². The van der Waals surface area contributed by atoms with Crippen molar-refractivity contribution in [3.63, 3.8) is 0 Å². The Morgan fingerprint density at radius 1 is 0.911 bits per heavy atom. The molecule has 0 saturated heterocycles. The van der Waals surface area contributed by atoms with E-state index in [1.165, 1.54) is 6.42 Å². The summed E-state index contributed by atoms with van der Waals surface area (Å²) in [6, 6.07) is 9.38. The number of carbonyl (C=O) groups is 2. The predicted molar refractivity (Wildman–Crippen MR) is 177 cm³/mol. The first kappa shape index (κ1) is 31.2. The van der Waals surface area contributed by atoms with E-state index in [0.29, 0.717) is 37.6 Å². The SMILES string of the molecule is CCCN(CC1(O)CCC2C34C=CC5(C=C3C(=O)C3CCCCC3)CC(O)CCC5(C)C4CCC21C)C(=O)Nc1ccccc1. The molecule has 2 bridgehead atoms. The fraction of sp³-hybridized carbons (Fsp3) is 0.692. The highest BCUT2D eigenvalue weighted by Crippen LogP contribution is 2.78. The average molecular weight is 615 g/mol. The minimum Gasteiger partial charge on any atom is -0.393 e. The normalized spacial score (nSPS) is 41.9. The lowest BCUT2D eigenvalue weighted by Crippen LogP contribution is -2.67. The van der Waals surface area contributed by atoms with Crippen LogP contribution in [0.5, 0.6) is 0 Å². The van der Waals surface area contributed by atoms with E-state index in [1.54, 1.807) is 0 Å². The van der Waals surface area contributed by atoms with Gasteiger partial charge in [0.15, 0.2) is 5.78 Å². The first-order valence-electron chi connectivity index (χ1n) is 18.0. The van der Waals surface area contributed by atoms with Crippen LogP contribution >= 0.6 is 0 Å². The third-order valence-corrected chi connectivity index (χ3v) is 14.2. The van der Waals surface area contributed by atoms with Crippen molar-refractivity contribution in [1.82, 2.24) is 4.90 Å². The third-order valence-electron chi connectivity index (χ3n) is 14.2. The van der Waals surface area contributed by atoms with Gasteiger partial charge in [-0.2, -0.15) is 0 Å². The Bertz CT molecular complexity index is 1380. The molecule has 1 aromatic rings. The number of amides is 2. The molecule has 6 heteroatoms. The summed E-state index contributed by atoms with van der Waals surface area (Å²) in [6.07, 6.45) is 18.8. The number of urea groups is 1. The number of Topliss-reactive ketones (excluding diaryl/α,β-unsaturated/α-hetero) is 1. The number of ketones is 1. The Morgan fingerprint density at radius 3 is 2.33 bits per heavy atom. The van der Waals surface area contributed by atoms with Crippen LogP contribution < -0.4 is 5.32 Å². The molecular formula is C39H54N2O4. The van der Waals surface area contributed by atoms with Crippen LogP contribution in [0.25, 0.3) is 0 Å². The maximum Gasteiger partial charge on any atom is 0.321 e. The van der Waals surface area contributed by atoms with Gasteiger partial charge in [0.05, 0.1) is 18.2 Å². The number of benzene rings is 1. The minimum absolute atomic E-state index is 0.0246. The van der Waals surface area contributed by atoms with Gasteiger partial charge in [-0.3, -0.25) is 4.79 Å². The Balaban J connectivity index is 1.26. The van der Waals surface area contributed by atoms with Crippen molar-refractivity contribution in [3.8, 4) is 0 Å². The topological polar surface area (TPSA) is 89.9 Å². The van der Waals surface area contributed by atoms with Crippen molar-refractivity contribution in [2.75, 3.05) is 18.4 Å². The number of allylic oxidation sites excluding steroid dienone is 4. The number of carbonyl (C=O) groups excluding carboxylic acids is 2. The van der Waals surface area contributed by atoms with Crippen LogP contribution in [-0.4, -0.2) is 51.7 Å². The Morgan fingerprint density at radius 2 is 1.60 bits per heavy atom. The summed E-state index contributed by atoms with van der Waals surface area (Å²) in [5.41, 5.74) is -0.446. The van der Waals surface area contributed by atoms with Crippen molar-refractivity contribution >= 4 is 17.5 Å². The van der Waals surface area contributed by atoms with Gasteiger partial charge >= 0.3 is 6.03 Å². The second-order valence-corrected chi connectivity index (χ2v) is 16.2. The molecule has 4 saturated carbocycles. The molecule has 2 spiro atoms. The highest BCUT2D eigenvalue weighted by atomic mass is 16.3. The molecule has 0 heterocycles. The number of aliphatic hydroxyl groups is 2. The number of hydrogen-bond donors (Lipinski definition) is 3. The molecule has 0 radical (unpaired) electrons. The molecular weight excluding hydrogens is 560 g/mol. The van der Waals surface area contributed by atoms with Crippen LogP contribution in [0.4, 0.5) is 10.5 Å². The summed E-state index contributed by atoms with van der Waals surface area (Å²) >= 11 is 0. The Labute approximate surface area is 269 Å². The molecule has 7 aliphatic carbocycles. The van der Waals surface area contributed by atoms with Crippen molar-refractivity contribution < 1.29 is 19.8 Å². The standard InChI is InChI=1S/C39H54N2O4/c1-4-23-41(34(44)40-28-13-9-6-10-14-28)26-38(45)20-17-32-36(38,3)19-16-31-35(2)18-15-29(42)24-37(35)21-22-39(31,32)30(25-37)33(43)27-11-7-5-8-12-27/h6,9-10,13-14,21-22,25,27,29,31-32,42,45H,4-5,7-8,11-12,15-20,23-24,26H2,1-3H3,(H,40,44). The molecule has 4 fully saturated rings. The van der Waals surface area contributed by atoms with Crippen LogP contribution in [0.2, 0.25) is 0 Å². The predicted octanol–water partition coefficient (Wildman–Crippen LogP) is 7.67. The molecule has 244 valence electrons.